The highest BCUT2D eigenvalue weighted by Crippen LogP contribution is 2.05. The molecule has 0 radical (unpaired) electrons. The van der Waals surface area contributed by atoms with E-state index in [1.54, 1.807) is 19.2 Å². The predicted octanol–water partition coefficient (Wildman–Crippen LogP) is 0.948. The molecule has 1 rings (SSSR count). The average Bonchev–Trinajstić information content (AvgIpc) is 2.17. The molecule has 0 aliphatic rings. The zero-order chi connectivity index (χ0) is 9.68. The number of nitrogens with one attached hydrogen (secondary N) is 1. The Morgan fingerprint density at radius 2 is 2.00 bits per heavy atom. The third-order valence-corrected chi connectivity index (χ3v) is 2.02. The second-order valence-electron chi connectivity index (χ2n) is 3.00. The van der Waals surface area contributed by atoms with E-state index < -0.39 is 0 Å². The molecule has 0 unspecified atom stereocenters. The van der Waals surface area contributed by atoms with Crippen LogP contribution in [0.5, 0.6) is 0 Å². The highest BCUT2D eigenvalue weighted by atomic mass is 19.1. The van der Waals surface area contributed by atoms with E-state index in [-0.39, 0.29) is 18.5 Å². The monoisotopic (exact) mass is 183 g/mol. The van der Waals surface area contributed by atoms with E-state index in [1.165, 1.54) is 12.1 Å². The first-order valence-corrected chi connectivity index (χ1v) is 4.29. The summed E-state index contributed by atoms with van der Waals surface area (Å²) < 4.78 is 12.5. The molecule has 1 aromatic rings. The van der Waals surface area contributed by atoms with Gasteiger partial charge in [0.1, 0.15) is 5.82 Å². The van der Waals surface area contributed by atoms with E-state index in [2.05, 4.69) is 5.32 Å². The van der Waals surface area contributed by atoms with Crippen molar-refractivity contribution in [3.63, 3.8) is 0 Å². The fourth-order valence-corrected chi connectivity index (χ4v) is 1.16. The molecular formula is C10H14FNO. The Balaban J connectivity index is 2.58. The molecule has 1 aromatic carbocycles. The lowest BCUT2D eigenvalue weighted by Gasteiger charge is -2.12. The highest BCUT2D eigenvalue weighted by molar-refractivity contribution is 5.17. The summed E-state index contributed by atoms with van der Waals surface area (Å²) in [7, 11) is 1.80. The molecule has 1 atom stereocenters. The van der Waals surface area contributed by atoms with Crippen LogP contribution in [0.3, 0.4) is 0 Å². The number of likely N-dealkylation sites (N-methyl/N-ethyl adjacent to an activating group) is 1. The Bertz CT molecular complexity index is 244. The normalized spacial score (nSPS) is 12.8. The molecule has 3 heteroatoms. The Morgan fingerprint density at radius 1 is 1.38 bits per heavy atom. The first-order chi connectivity index (χ1) is 6.26. The van der Waals surface area contributed by atoms with Crippen LogP contribution in [0.25, 0.3) is 0 Å². The predicted molar refractivity (Wildman–Crippen MR) is 50.0 cm³/mol. The van der Waals surface area contributed by atoms with Gasteiger partial charge in [-0.3, -0.25) is 0 Å². The van der Waals surface area contributed by atoms with E-state index >= 15 is 0 Å². The molecule has 72 valence electrons. The van der Waals surface area contributed by atoms with Gasteiger partial charge in [0.05, 0.1) is 6.61 Å². The number of hydrogen-bond donors (Lipinski definition) is 2. The van der Waals surface area contributed by atoms with Crippen LogP contribution in [0.1, 0.15) is 5.56 Å². The van der Waals surface area contributed by atoms with E-state index in [4.69, 9.17) is 5.11 Å². The second-order valence-corrected chi connectivity index (χ2v) is 3.00. The summed E-state index contributed by atoms with van der Waals surface area (Å²) in [5.74, 6) is -0.228. The number of aliphatic hydroxyl groups is 1. The van der Waals surface area contributed by atoms with Gasteiger partial charge >= 0.3 is 0 Å². The number of aliphatic hydroxyl groups excluding tert-OH is 1. The molecule has 0 heterocycles. The lowest BCUT2D eigenvalue weighted by atomic mass is 10.1. The van der Waals surface area contributed by atoms with Gasteiger partial charge in [-0.05, 0) is 31.2 Å². The number of hydrogen-bond acceptors (Lipinski definition) is 2. The molecular weight excluding hydrogens is 169 g/mol. The van der Waals surface area contributed by atoms with E-state index in [1.807, 2.05) is 0 Å². The van der Waals surface area contributed by atoms with E-state index in [0.29, 0.717) is 6.42 Å². The molecule has 0 aliphatic carbocycles. The van der Waals surface area contributed by atoms with Crippen molar-refractivity contribution < 1.29 is 9.50 Å². The standard InChI is InChI=1S/C10H14FNO/c1-12-10(7-13)6-8-2-4-9(11)5-3-8/h2-5,10,12-13H,6-7H2,1H3/t10-/m0/s1. The zero-order valence-electron chi connectivity index (χ0n) is 7.63. The summed E-state index contributed by atoms with van der Waals surface area (Å²) >= 11 is 0. The molecule has 2 N–H and O–H groups in total. The SMILES string of the molecule is CN[C@H](CO)Cc1ccc(F)cc1. The van der Waals surface area contributed by atoms with Crippen LogP contribution in [0, 0.1) is 5.82 Å². The molecule has 0 aromatic heterocycles. The van der Waals surface area contributed by atoms with Gasteiger partial charge in [0.25, 0.3) is 0 Å². The van der Waals surface area contributed by atoms with Crippen molar-refractivity contribution in [1.29, 1.82) is 0 Å². The van der Waals surface area contributed by atoms with Crippen molar-refractivity contribution in [2.24, 2.45) is 0 Å². The third-order valence-electron chi connectivity index (χ3n) is 2.02. The van der Waals surface area contributed by atoms with Gasteiger partial charge in [0.2, 0.25) is 0 Å². The van der Waals surface area contributed by atoms with Crippen LogP contribution in [0.15, 0.2) is 24.3 Å². The summed E-state index contributed by atoms with van der Waals surface area (Å²) in [6.07, 6.45) is 0.716. The first-order valence-electron chi connectivity index (χ1n) is 4.29. The molecule has 0 spiro atoms. The maximum absolute atomic E-state index is 12.5. The van der Waals surface area contributed by atoms with Gasteiger partial charge in [-0.25, -0.2) is 4.39 Å². The van der Waals surface area contributed by atoms with Crippen molar-refractivity contribution in [1.82, 2.24) is 5.32 Å². The Morgan fingerprint density at radius 3 is 2.46 bits per heavy atom. The van der Waals surface area contributed by atoms with Crippen LogP contribution < -0.4 is 5.32 Å². The van der Waals surface area contributed by atoms with E-state index in [0.717, 1.165) is 5.56 Å². The smallest absolute Gasteiger partial charge is 0.123 e. The van der Waals surface area contributed by atoms with Crippen LogP contribution in [0.4, 0.5) is 4.39 Å². The molecule has 0 fully saturated rings. The topological polar surface area (TPSA) is 32.3 Å². The minimum atomic E-state index is -0.228. The fraction of sp³-hybridized carbons (Fsp3) is 0.400. The molecule has 0 amide bonds. The maximum Gasteiger partial charge on any atom is 0.123 e. The summed E-state index contributed by atoms with van der Waals surface area (Å²) in [5.41, 5.74) is 1.02. The Labute approximate surface area is 77.4 Å². The number of halogens is 1. The lowest BCUT2D eigenvalue weighted by molar-refractivity contribution is 0.248. The summed E-state index contributed by atoms with van der Waals surface area (Å²) in [4.78, 5) is 0. The van der Waals surface area contributed by atoms with Crippen molar-refractivity contribution in [2.45, 2.75) is 12.5 Å². The zero-order valence-corrected chi connectivity index (χ0v) is 7.63. The van der Waals surface area contributed by atoms with Crippen molar-refractivity contribution in [2.75, 3.05) is 13.7 Å². The molecule has 2 nitrogen and oxygen atoms in total. The van der Waals surface area contributed by atoms with Crippen LogP contribution in [-0.2, 0) is 6.42 Å². The van der Waals surface area contributed by atoms with Crippen molar-refractivity contribution in [3.05, 3.63) is 35.6 Å². The molecule has 0 bridgehead atoms. The second kappa shape index (κ2) is 4.94. The van der Waals surface area contributed by atoms with Gasteiger partial charge in [-0.2, -0.15) is 0 Å². The van der Waals surface area contributed by atoms with E-state index in [9.17, 15) is 4.39 Å². The minimum absolute atomic E-state index is 0.0467. The van der Waals surface area contributed by atoms with Gasteiger partial charge in [0, 0.05) is 6.04 Å². The van der Waals surface area contributed by atoms with Crippen LogP contribution in [0.2, 0.25) is 0 Å². The van der Waals surface area contributed by atoms with Crippen molar-refractivity contribution in [3.8, 4) is 0 Å². The quantitative estimate of drug-likeness (QED) is 0.728. The van der Waals surface area contributed by atoms with Crippen molar-refractivity contribution >= 4 is 0 Å². The first kappa shape index (κ1) is 10.2. The van der Waals surface area contributed by atoms with Gasteiger partial charge in [-0.1, -0.05) is 12.1 Å². The summed E-state index contributed by atoms with van der Waals surface area (Å²) in [5, 5.41) is 11.9. The molecule has 0 aliphatic heterocycles. The summed E-state index contributed by atoms with van der Waals surface area (Å²) in [6, 6.07) is 6.37. The Kier molecular flexibility index (Phi) is 3.86. The number of benzene rings is 1. The fourth-order valence-electron chi connectivity index (χ4n) is 1.16. The molecule has 0 saturated heterocycles. The third kappa shape index (κ3) is 3.13. The minimum Gasteiger partial charge on any atom is -0.395 e. The van der Waals surface area contributed by atoms with Gasteiger partial charge in [-0.15, -0.1) is 0 Å². The van der Waals surface area contributed by atoms with Gasteiger partial charge in [0.15, 0.2) is 0 Å². The highest BCUT2D eigenvalue weighted by Gasteiger charge is 2.04. The largest absolute Gasteiger partial charge is 0.395 e. The molecule has 13 heavy (non-hydrogen) atoms. The average molecular weight is 183 g/mol. The van der Waals surface area contributed by atoms with Crippen LogP contribution >= 0.6 is 0 Å². The number of rotatable bonds is 4. The summed E-state index contributed by atoms with van der Waals surface area (Å²) in [6.45, 7) is 0.0911. The lowest BCUT2D eigenvalue weighted by Crippen LogP contribution is -2.31. The maximum atomic E-state index is 12.5. The Hall–Kier alpha value is -0.930. The van der Waals surface area contributed by atoms with Crippen LogP contribution in [-0.4, -0.2) is 24.8 Å². The van der Waals surface area contributed by atoms with Gasteiger partial charge < -0.3 is 10.4 Å². The molecule has 0 saturated carbocycles.